The molecule has 0 spiro atoms. The molecule has 0 aromatic carbocycles. The van der Waals surface area contributed by atoms with Gasteiger partial charge in [0.1, 0.15) is 0 Å². The van der Waals surface area contributed by atoms with Crippen LogP contribution >= 0.6 is 0 Å². The summed E-state index contributed by atoms with van der Waals surface area (Å²) in [6.07, 6.45) is 4.72. The van der Waals surface area contributed by atoms with Gasteiger partial charge in [0.15, 0.2) is 0 Å². The van der Waals surface area contributed by atoms with E-state index in [0.717, 1.165) is 0 Å². The van der Waals surface area contributed by atoms with E-state index in [2.05, 4.69) is 48.7 Å². The Kier molecular flexibility index (Phi) is 3.33. The first kappa shape index (κ1) is 11.6. The third kappa shape index (κ3) is 2.29. The lowest BCUT2D eigenvalue weighted by Crippen LogP contribution is -2.31. The van der Waals surface area contributed by atoms with Crippen LogP contribution in [0.25, 0.3) is 0 Å². The molecule has 16 heavy (non-hydrogen) atoms. The summed E-state index contributed by atoms with van der Waals surface area (Å²) in [6, 6.07) is 0.613. The van der Waals surface area contributed by atoms with Crippen LogP contribution in [0.5, 0.6) is 0 Å². The van der Waals surface area contributed by atoms with Crippen LogP contribution < -0.4 is 0 Å². The standard InChI is InChI=1S/C13H23N3/c1-10(2)13-9-16(14-11(13)3)12-5-7-15(4)8-6-12/h9-10,12H,5-8H2,1-4H3. The van der Waals surface area contributed by atoms with Crippen molar-refractivity contribution in [3.8, 4) is 0 Å². The zero-order valence-corrected chi connectivity index (χ0v) is 10.9. The second-order valence-corrected chi connectivity index (χ2v) is 5.34. The van der Waals surface area contributed by atoms with Crippen LogP contribution in [0, 0.1) is 6.92 Å². The molecule has 0 bridgehead atoms. The molecule has 0 saturated carbocycles. The Hall–Kier alpha value is -0.830. The maximum atomic E-state index is 4.68. The fraction of sp³-hybridized carbons (Fsp3) is 0.769. The van der Waals surface area contributed by atoms with Crippen LogP contribution in [-0.2, 0) is 0 Å². The van der Waals surface area contributed by atoms with Crippen molar-refractivity contribution < 1.29 is 0 Å². The Bertz CT molecular complexity index is 346. The minimum Gasteiger partial charge on any atom is -0.306 e. The Morgan fingerprint density at radius 1 is 1.31 bits per heavy atom. The van der Waals surface area contributed by atoms with Gasteiger partial charge in [0.05, 0.1) is 11.7 Å². The molecule has 1 aliphatic rings. The molecule has 2 rings (SSSR count). The third-order valence-corrected chi connectivity index (χ3v) is 3.64. The highest BCUT2D eigenvalue weighted by Gasteiger charge is 2.20. The first-order valence-electron chi connectivity index (χ1n) is 6.32. The number of likely N-dealkylation sites (tertiary alicyclic amines) is 1. The summed E-state index contributed by atoms with van der Waals surface area (Å²) in [6.45, 7) is 8.99. The molecule has 3 nitrogen and oxygen atoms in total. The van der Waals surface area contributed by atoms with Crippen molar-refractivity contribution in [3.05, 3.63) is 17.5 Å². The van der Waals surface area contributed by atoms with E-state index < -0.39 is 0 Å². The SMILES string of the molecule is Cc1nn(C2CCN(C)CC2)cc1C(C)C. The molecule has 3 heteroatoms. The van der Waals surface area contributed by atoms with E-state index in [1.165, 1.54) is 37.2 Å². The summed E-state index contributed by atoms with van der Waals surface area (Å²) in [5, 5.41) is 4.68. The maximum Gasteiger partial charge on any atom is 0.0628 e. The van der Waals surface area contributed by atoms with Crippen molar-refractivity contribution in [3.63, 3.8) is 0 Å². The summed E-state index contributed by atoms with van der Waals surface area (Å²) in [7, 11) is 2.20. The van der Waals surface area contributed by atoms with E-state index in [1.807, 2.05) is 0 Å². The molecule has 2 heterocycles. The predicted octanol–water partition coefficient (Wildman–Crippen LogP) is 2.58. The van der Waals surface area contributed by atoms with E-state index in [4.69, 9.17) is 0 Å². The van der Waals surface area contributed by atoms with E-state index in [-0.39, 0.29) is 0 Å². The monoisotopic (exact) mass is 221 g/mol. The van der Waals surface area contributed by atoms with Crippen molar-refractivity contribution in [2.45, 2.75) is 45.6 Å². The molecule has 1 aromatic rings. The van der Waals surface area contributed by atoms with Gasteiger partial charge in [-0.05, 0) is 51.4 Å². The van der Waals surface area contributed by atoms with Crippen LogP contribution in [0.1, 0.15) is 49.9 Å². The molecule has 1 aromatic heterocycles. The molecule has 0 atom stereocenters. The molecule has 0 aliphatic carbocycles. The topological polar surface area (TPSA) is 21.1 Å². The Morgan fingerprint density at radius 3 is 2.44 bits per heavy atom. The summed E-state index contributed by atoms with van der Waals surface area (Å²) in [5.74, 6) is 0.583. The van der Waals surface area contributed by atoms with Gasteiger partial charge in [0.2, 0.25) is 0 Å². The molecule has 0 amide bonds. The smallest absolute Gasteiger partial charge is 0.0628 e. The van der Waals surface area contributed by atoms with Gasteiger partial charge in [-0.1, -0.05) is 13.8 Å². The van der Waals surface area contributed by atoms with Crippen molar-refractivity contribution in [2.75, 3.05) is 20.1 Å². The van der Waals surface area contributed by atoms with Gasteiger partial charge in [-0.3, -0.25) is 4.68 Å². The summed E-state index contributed by atoms with van der Waals surface area (Å²) in [5.41, 5.74) is 2.60. The fourth-order valence-corrected chi connectivity index (χ4v) is 2.51. The molecular weight excluding hydrogens is 198 g/mol. The van der Waals surface area contributed by atoms with Gasteiger partial charge in [0, 0.05) is 6.20 Å². The van der Waals surface area contributed by atoms with Gasteiger partial charge in [-0.25, -0.2) is 0 Å². The van der Waals surface area contributed by atoms with Crippen LogP contribution in [0.15, 0.2) is 6.20 Å². The number of rotatable bonds is 2. The minimum absolute atomic E-state index is 0.583. The molecule has 0 unspecified atom stereocenters. The molecule has 0 radical (unpaired) electrons. The first-order chi connectivity index (χ1) is 7.58. The highest BCUT2D eigenvalue weighted by atomic mass is 15.3. The van der Waals surface area contributed by atoms with Crippen molar-refractivity contribution >= 4 is 0 Å². The number of aryl methyl sites for hydroxylation is 1. The summed E-state index contributed by atoms with van der Waals surface area (Å²) >= 11 is 0. The number of hydrogen-bond donors (Lipinski definition) is 0. The van der Waals surface area contributed by atoms with Gasteiger partial charge in [-0.2, -0.15) is 5.10 Å². The third-order valence-electron chi connectivity index (χ3n) is 3.64. The lowest BCUT2D eigenvalue weighted by molar-refractivity contribution is 0.212. The Labute approximate surface area is 98.4 Å². The Morgan fingerprint density at radius 2 is 1.94 bits per heavy atom. The lowest BCUT2D eigenvalue weighted by atomic mass is 10.0. The van der Waals surface area contributed by atoms with E-state index in [1.54, 1.807) is 0 Å². The normalized spacial score (nSPS) is 19.6. The van der Waals surface area contributed by atoms with Gasteiger partial charge >= 0.3 is 0 Å². The first-order valence-corrected chi connectivity index (χ1v) is 6.32. The summed E-state index contributed by atoms with van der Waals surface area (Å²) < 4.78 is 2.21. The van der Waals surface area contributed by atoms with Gasteiger partial charge < -0.3 is 4.90 Å². The maximum absolute atomic E-state index is 4.68. The quantitative estimate of drug-likeness (QED) is 0.765. The van der Waals surface area contributed by atoms with Crippen LogP contribution in [0.4, 0.5) is 0 Å². The Balaban J connectivity index is 2.12. The zero-order valence-electron chi connectivity index (χ0n) is 10.9. The van der Waals surface area contributed by atoms with Crippen LogP contribution in [0.2, 0.25) is 0 Å². The minimum atomic E-state index is 0.583. The number of aromatic nitrogens is 2. The van der Waals surface area contributed by atoms with Gasteiger partial charge in [-0.15, -0.1) is 0 Å². The van der Waals surface area contributed by atoms with Gasteiger partial charge in [0.25, 0.3) is 0 Å². The molecular formula is C13H23N3. The average Bonchev–Trinajstić information content (AvgIpc) is 2.61. The second-order valence-electron chi connectivity index (χ2n) is 5.34. The predicted molar refractivity (Wildman–Crippen MR) is 66.8 cm³/mol. The number of hydrogen-bond acceptors (Lipinski definition) is 2. The zero-order chi connectivity index (χ0) is 11.7. The van der Waals surface area contributed by atoms with Crippen LogP contribution in [-0.4, -0.2) is 34.8 Å². The highest BCUT2D eigenvalue weighted by Crippen LogP contribution is 2.25. The number of piperidine rings is 1. The van der Waals surface area contributed by atoms with E-state index in [9.17, 15) is 0 Å². The van der Waals surface area contributed by atoms with Crippen molar-refractivity contribution in [1.29, 1.82) is 0 Å². The highest BCUT2D eigenvalue weighted by molar-refractivity contribution is 5.19. The van der Waals surface area contributed by atoms with E-state index in [0.29, 0.717) is 12.0 Å². The molecule has 90 valence electrons. The van der Waals surface area contributed by atoms with Crippen LogP contribution in [0.3, 0.4) is 0 Å². The molecule has 1 fully saturated rings. The second kappa shape index (κ2) is 4.58. The fourth-order valence-electron chi connectivity index (χ4n) is 2.51. The average molecular weight is 221 g/mol. The number of nitrogens with zero attached hydrogens (tertiary/aromatic N) is 3. The molecule has 0 N–H and O–H groups in total. The summed E-state index contributed by atoms with van der Waals surface area (Å²) in [4.78, 5) is 2.40. The van der Waals surface area contributed by atoms with Crippen molar-refractivity contribution in [1.82, 2.24) is 14.7 Å². The lowest BCUT2D eigenvalue weighted by Gasteiger charge is -2.29. The molecule has 1 aliphatic heterocycles. The largest absolute Gasteiger partial charge is 0.306 e. The molecule has 1 saturated heterocycles. The van der Waals surface area contributed by atoms with Crippen molar-refractivity contribution in [2.24, 2.45) is 0 Å². The van der Waals surface area contributed by atoms with E-state index >= 15 is 0 Å².